The van der Waals surface area contributed by atoms with Gasteiger partial charge in [0, 0.05) is 41.0 Å². The quantitative estimate of drug-likeness (QED) is 0.637. The van der Waals surface area contributed by atoms with Crippen LogP contribution in [0, 0.1) is 0 Å². The fraction of sp³-hybridized carbons (Fsp3) is 0.455. The van der Waals surface area contributed by atoms with E-state index in [2.05, 4.69) is 85.1 Å². The Balaban J connectivity index is 1.58. The van der Waals surface area contributed by atoms with Gasteiger partial charge < -0.3 is 4.90 Å². The molecule has 4 nitrogen and oxygen atoms in total. The van der Waals surface area contributed by atoms with Crippen LogP contribution in [0.4, 0.5) is 5.13 Å². The molecule has 2 aromatic heterocycles. The third kappa shape index (κ3) is 3.58. The molecule has 0 aliphatic carbocycles. The molecule has 4 rings (SSSR count). The third-order valence-electron chi connectivity index (χ3n) is 5.41. The summed E-state index contributed by atoms with van der Waals surface area (Å²) < 4.78 is 0. The summed E-state index contributed by atoms with van der Waals surface area (Å²) >= 11 is 1.76. The number of benzene rings is 1. The van der Waals surface area contributed by atoms with Crippen molar-refractivity contribution < 1.29 is 0 Å². The Morgan fingerprint density at radius 3 is 2.67 bits per heavy atom. The van der Waals surface area contributed by atoms with Crippen LogP contribution in [0.3, 0.4) is 0 Å². The smallest absolute Gasteiger partial charge is 0.186 e. The van der Waals surface area contributed by atoms with Crippen LogP contribution in [-0.2, 0) is 12.0 Å². The van der Waals surface area contributed by atoms with Crippen LogP contribution in [0.5, 0.6) is 0 Å². The molecular weight excluding hydrogens is 352 g/mol. The van der Waals surface area contributed by atoms with Gasteiger partial charge in [0.15, 0.2) is 5.13 Å². The molecule has 3 heterocycles. The van der Waals surface area contributed by atoms with Gasteiger partial charge in [-0.15, -0.1) is 11.3 Å². The highest BCUT2D eigenvalue weighted by Crippen LogP contribution is 2.34. The van der Waals surface area contributed by atoms with Gasteiger partial charge in [0.2, 0.25) is 0 Å². The molecule has 1 aliphatic heterocycles. The highest BCUT2D eigenvalue weighted by molar-refractivity contribution is 7.13. The van der Waals surface area contributed by atoms with E-state index in [0.29, 0.717) is 0 Å². The first kappa shape index (κ1) is 18.4. The number of thiazole rings is 1. The maximum Gasteiger partial charge on any atom is 0.186 e. The van der Waals surface area contributed by atoms with Crippen molar-refractivity contribution in [3.8, 4) is 0 Å². The Morgan fingerprint density at radius 2 is 1.93 bits per heavy atom. The van der Waals surface area contributed by atoms with Crippen molar-refractivity contribution in [1.82, 2.24) is 14.9 Å². The number of nitrogens with zero attached hydrogens (tertiary/aromatic N) is 4. The lowest BCUT2D eigenvalue weighted by molar-refractivity contribution is 0.176. The van der Waals surface area contributed by atoms with Crippen molar-refractivity contribution in [2.75, 3.05) is 18.1 Å². The molecule has 0 radical (unpaired) electrons. The van der Waals surface area contributed by atoms with Crippen molar-refractivity contribution in [2.24, 2.45) is 0 Å². The minimum absolute atomic E-state index is 0.0952. The van der Waals surface area contributed by atoms with E-state index in [1.165, 1.54) is 16.6 Å². The zero-order valence-corrected chi connectivity index (χ0v) is 17.7. The van der Waals surface area contributed by atoms with Crippen molar-refractivity contribution in [3.05, 3.63) is 53.2 Å². The molecule has 0 unspecified atom stereocenters. The number of hydrogen-bond acceptors (Lipinski definition) is 5. The SMILES string of the molecule is CC(C)(C)c1csc(N2CN(Cc3ccnc4ccccc34)C(C)(C)C2)n1. The Labute approximate surface area is 165 Å². The van der Waals surface area contributed by atoms with Crippen LogP contribution in [0.15, 0.2) is 41.9 Å². The van der Waals surface area contributed by atoms with E-state index in [-0.39, 0.29) is 11.0 Å². The predicted molar refractivity (Wildman–Crippen MR) is 114 cm³/mol. The van der Waals surface area contributed by atoms with Gasteiger partial charge >= 0.3 is 0 Å². The molecule has 0 amide bonds. The molecule has 1 aliphatic rings. The van der Waals surface area contributed by atoms with E-state index in [1.54, 1.807) is 11.3 Å². The van der Waals surface area contributed by atoms with Crippen molar-refractivity contribution in [2.45, 2.75) is 52.1 Å². The number of rotatable bonds is 3. The summed E-state index contributed by atoms with van der Waals surface area (Å²) in [6.45, 7) is 14.1. The molecule has 27 heavy (non-hydrogen) atoms. The summed E-state index contributed by atoms with van der Waals surface area (Å²) in [5, 5.41) is 4.59. The second-order valence-electron chi connectivity index (χ2n) is 9.10. The zero-order valence-electron chi connectivity index (χ0n) is 16.9. The molecule has 0 atom stereocenters. The summed E-state index contributed by atoms with van der Waals surface area (Å²) in [6, 6.07) is 10.6. The fourth-order valence-electron chi connectivity index (χ4n) is 3.66. The number of anilines is 1. The average molecular weight is 381 g/mol. The van der Waals surface area contributed by atoms with Crippen LogP contribution in [-0.4, -0.2) is 33.6 Å². The largest absolute Gasteiger partial charge is 0.333 e. The fourth-order valence-corrected chi connectivity index (χ4v) is 4.70. The number of hydrogen-bond donors (Lipinski definition) is 0. The Hall–Kier alpha value is -1.98. The Morgan fingerprint density at radius 1 is 1.15 bits per heavy atom. The first-order valence-corrected chi connectivity index (χ1v) is 10.4. The van der Waals surface area contributed by atoms with Gasteiger partial charge in [-0.1, -0.05) is 39.0 Å². The molecule has 3 aromatic rings. The number of pyridine rings is 1. The highest BCUT2D eigenvalue weighted by atomic mass is 32.1. The van der Waals surface area contributed by atoms with Gasteiger partial charge in [0.25, 0.3) is 0 Å². The van der Waals surface area contributed by atoms with Crippen LogP contribution in [0.2, 0.25) is 0 Å². The van der Waals surface area contributed by atoms with E-state index in [0.717, 1.165) is 30.4 Å². The molecule has 0 N–H and O–H groups in total. The Bertz CT molecular complexity index is 949. The maximum absolute atomic E-state index is 4.93. The molecule has 142 valence electrons. The van der Waals surface area contributed by atoms with Crippen molar-refractivity contribution in [1.29, 1.82) is 0 Å². The predicted octanol–water partition coefficient (Wildman–Crippen LogP) is 5.05. The standard InChI is InChI=1S/C22H28N4S/c1-21(2,3)19-13-27-20(24-19)25-14-22(4,5)26(15-25)12-16-10-11-23-18-9-7-6-8-17(16)18/h6-11,13H,12,14-15H2,1-5H3. The topological polar surface area (TPSA) is 32.3 Å². The van der Waals surface area contributed by atoms with E-state index in [9.17, 15) is 0 Å². The lowest BCUT2D eigenvalue weighted by atomic mass is 9.93. The number of fused-ring (bicyclic) bond motifs is 1. The van der Waals surface area contributed by atoms with Crippen LogP contribution in [0.25, 0.3) is 10.9 Å². The molecule has 0 saturated carbocycles. The summed E-state index contributed by atoms with van der Waals surface area (Å²) in [4.78, 5) is 14.4. The van der Waals surface area contributed by atoms with E-state index >= 15 is 0 Å². The molecule has 1 saturated heterocycles. The third-order valence-corrected chi connectivity index (χ3v) is 6.31. The lowest BCUT2D eigenvalue weighted by Crippen LogP contribution is -2.39. The molecule has 1 aromatic carbocycles. The summed E-state index contributed by atoms with van der Waals surface area (Å²) in [6.07, 6.45) is 1.93. The lowest BCUT2D eigenvalue weighted by Gasteiger charge is -2.29. The molecule has 0 spiro atoms. The second-order valence-corrected chi connectivity index (χ2v) is 9.94. The van der Waals surface area contributed by atoms with Crippen LogP contribution in [0.1, 0.15) is 45.9 Å². The molecular formula is C22H28N4S. The first-order chi connectivity index (χ1) is 12.7. The monoisotopic (exact) mass is 380 g/mol. The van der Waals surface area contributed by atoms with Crippen LogP contribution >= 0.6 is 11.3 Å². The number of aromatic nitrogens is 2. The maximum atomic E-state index is 4.93. The van der Waals surface area contributed by atoms with Gasteiger partial charge in [0.05, 0.1) is 17.9 Å². The summed E-state index contributed by atoms with van der Waals surface area (Å²) in [7, 11) is 0. The normalized spacial score (nSPS) is 17.7. The minimum Gasteiger partial charge on any atom is -0.333 e. The number of para-hydroxylation sites is 1. The zero-order chi connectivity index (χ0) is 19.2. The molecule has 1 fully saturated rings. The van der Waals surface area contributed by atoms with Crippen molar-refractivity contribution >= 4 is 27.4 Å². The average Bonchev–Trinajstić information content (AvgIpc) is 3.20. The molecule has 5 heteroatoms. The van der Waals surface area contributed by atoms with Gasteiger partial charge in [0.1, 0.15) is 0 Å². The van der Waals surface area contributed by atoms with Gasteiger partial charge in [-0.2, -0.15) is 0 Å². The van der Waals surface area contributed by atoms with Gasteiger partial charge in [-0.05, 0) is 31.5 Å². The molecule has 0 bridgehead atoms. The summed E-state index contributed by atoms with van der Waals surface area (Å²) in [5.74, 6) is 0. The second kappa shape index (κ2) is 6.57. The van der Waals surface area contributed by atoms with E-state index in [1.807, 2.05) is 6.20 Å². The van der Waals surface area contributed by atoms with Gasteiger partial charge in [-0.3, -0.25) is 9.88 Å². The van der Waals surface area contributed by atoms with Crippen LogP contribution < -0.4 is 4.90 Å². The summed E-state index contributed by atoms with van der Waals surface area (Å²) in [5.41, 5.74) is 3.78. The van der Waals surface area contributed by atoms with Gasteiger partial charge in [-0.25, -0.2) is 4.98 Å². The van der Waals surface area contributed by atoms with E-state index < -0.39 is 0 Å². The first-order valence-electron chi connectivity index (χ1n) is 9.53. The highest BCUT2D eigenvalue weighted by Gasteiger charge is 2.38. The Kier molecular flexibility index (Phi) is 4.47. The minimum atomic E-state index is 0.0952. The van der Waals surface area contributed by atoms with Crippen molar-refractivity contribution in [3.63, 3.8) is 0 Å². The van der Waals surface area contributed by atoms with E-state index in [4.69, 9.17) is 4.98 Å².